The van der Waals surface area contributed by atoms with Gasteiger partial charge in [0.15, 0.2) is 30.0 Å². The monoisotopic (exact) mass is 347 g/mol. The largest absolute Gasteiger partial charge is 0.388 e. The molecule has 6 N–H and O–H groups in total. The van der Waals surface area contributed by atoms with Crippen LogP contribution in [-0.4, -0.2) is 53.2 Å². The second-order valence-electron chi connectivity index (χ2n) is 4.99. The molecule has 3 heterocycles. The van der Waals surface area contributed by atoms with Gasteiger partial charge in [-0.3, -0.25) is 18.9 Å². The van der Waals surface area contributed by atoms with Gasteiger partial charge in [-0.15, -0.1) is 0 Å². The molecule has 2 aromatic rings. The Kier molecular flexibility index (Phi) is 3.96. The van der Waals surface area contributed by atoms with Crippen LogP contribution in [-0.2, 0) is 14.0 Å². The van der Waals surface area contributed by atoms with Crippen molar-refractivity contribution in [2.24, 2.45) is 0 Å². The molecule has 1 fully saturated rings. The Morgan fingerprint density at radius 1 is 1.57 bits per heavy atom. The fourth-order valence-corrected chi connectivity index (χ4v) is 2.64. The van der Waals surface area contributed by atoms with Crippen LogP contribution >= 0.6 is 7.60 Å². The number of rotatable bonds is 4. The van der Waals surface area contributed by atoms with E-state index in [1.165, 1.54) is 10.9 Å². The van der Waals surface area contributed by atoms with Crippen molar-refractivity contribution in [3.63, 3.8) is 0 Å². The van der Waals surface area contributed by atoms with Gasteiger partial charge in [0, 0.05) is 6.42 Å². The number of aliphatic hydroxyl groups is 1. The molecule has 126 valence electrons. The van der Waals surface area contributed by atoms with Crippen LogP contribution in [0.5, 0.6) is 0 Å². The van der Waals surface area contributed by atoms with Crippen LogP contribution < -0.4 is 11.3 Å². The molecule has 1 aliphatic heterocycles. The quantitative estimate of drug-likeness (QED) is 0.406. The van der Waals surface area contributed by atoms with E-state index in [9.17, 15) is 14.5 Å². The number of hydrogen-bond acceptors (Lipinski definition) is 8. The van der Waals surface area contributed by atoms with Crippen LogP contribution in [0.3, 0.4) is 0 Å². The van der Waals surface area contributed by atoms with Crippen LogP contribution in [0.2, 0.25) is 0 Å². The number of nitrogens with zero attached hydrogens (tertiary/aromatic N) is 3. The van der Waals surface area contributed by atoms with E-state index in [-0.39, 0.29) is 23.5 Å². The lowest BCUT2D eigenvalue weighted by Crippen LogP contribution is -2.20. The summed E-state index contributed by atoms with van der Waals surface area (Å²) in [5, 5.41) is 10.1. The molecule has 1 aliphatic rings. The number of hydrogen-bond donors (Lipinski definition) is 5. The van der Waals surface area contributed by atoms with Gasteiger partial charge in [-0.05, 0) is 0 Å². The Morgan fingerprint density at radius 2 is 2.30 bits per heavy atom. The van der Waals surface area contributed by atoms with Gasteiger partial charge in [-0.25, -0.2) is 4.98 Å². The number of aromatic amines is 1. The summed E-state index contributed by atoms with van der Waals surface area (Å²) in [6, 6.07) is 0. The molecule has 1 saturated heterocycles. The molecule has 3 rings (SSSR count). The number of fused-ring (bicyclic) bond motifs is 1. The summed E-state index contributed by atoms with van der Waals surface area (Å²) in [5.74, 6) is -0.119. The van der Waals surface area contributed by atoms with Crippen molar-refractivity contribution in [3.05, 3.63) is 16.7 Å². The first-order chi connectivity index (χ1) is 10.7. The number of aromatic nitrogens is 4. The van der Waals surface area contributed by atoms with Gasteiger partial charge in [-0.2, -0.15) is 4.98 Å². The lowest BCUT2D eigenvalue weighted by atomic mass is 10.2. The molecule has 2 aromatic heterocycles. The SMILES string of the molecule is Nc1nc2c(ncn2[C@@H]2O[C@H](OCP(=O)(O)O)CC2O)c(=O)[nH]1. The van der Waals surface area contributed by atoms with Crippen LogP contribution in [0, 0.1) is 0 Å². The number of nitrogens with one attached hydrogen (secondary N) is 1. The zero-order valence-corrected chi connectivity index (χ0v) is 12.5. The molecule has 0 radical (unpaired) electrons. The molecule has 0 aliphatic carbocycles. The van der Waals surface area contributed by atoms with Crippen LogP contribution in [0.15, 0.2) is 11.1 Å². The average Bonchev–Trinajstić information content (AvgIpc) is 2.99. The summed E-state index contributed by atoms with van der Waals surface area (Å²) in [7, 11) is -4.35. The smallest absolute Gasteiger partial charge is 0.351 e. The average molecular weight is 347 g/mol. The molecule has 23 heavy (non-hydrogen) atoms. The van der Waals surface area contributed by atoms with Crippen molar-refractivity contribution >= 4 is 24.7 Å². The molecule has 13 heteroatoms. The number of anilines is 1. The molecule has 0 saturated carbocycles. The Bertz CT molecular complexity index is 829. The van der Waals surface area contributed by atoms with Gasteiger partial charge < -0.3 is 30.1 Å². The Hall–Kier alpha value is -1.82. The highest BCUT2D eigenvalue weighted by atomic mass is 31.2. The number of nitrogen functional groups attached to an aromatic ring is 1. The van der Waals surface area contributed by atoms with Gasteiger partial charge in [0.05, 0.1) is 6.33 Å². The summed E-state index contributed by atoms with van der Waals surface area (Å²) in [5.41, 5.74) is 5.09. The topological polar surface area (TPSA) is 186 Å². The zero-order valence-electron chi connectivity index (χ0n) is 11.6. The van der Waals surface area contributed by atoms with Crippen molar-refractivity contribution in [1.82, 2.24) is 19.5 Å². The number of nitrogens with two attached hydrogens (primary N) is 1. The maximum absolute atomic E-state index is 11.7. The second kappa shape index (κ2) is 5.67. The summed E-state index contributed by atoms with van der Waals surface area (Å²) >= 11 is 0. The molecular formula is C10H14N5O7P. The van der Waals surface area contributed by atoms with Gasteiger partial charge in [0.2, 0.25) is 5.95 Å². The lowest BCUT2D eigenvalue weighted by Gasteiger charge is -2.17. The standard InChI is InChI=1S/C10H14N5O7P/c11-10-13-7-6(8(17)14-10)12-2-15(7)9-4(16)1-5(22-9)21-3-23(18,19)20/h2,4-5,9,16H,1,3H2,(H2,18,19,20)(H3,11,13,14,17)/t4?,5-,9+/m0/s1. The van der Waals surface area contributed by atoms with Crippen LogP contribution in [0.25, 0.3) is 11.2 Å². The molecule has 0 spiro atoms. The van der Waals surface area contributed by atoms with E-state index >= 15 is 0 Å². The minimum atomic E-state index is -4.35. The number of imidazole rings is 1. The molecule has 0 bridgehead atoms. The Balaban J connectivity index is 1.85. The van der Waals surface area contributed by atoms with Crippen molar-refractivity contribution in [3.8, 4) is 0 Å². The third kappa shape index (κ3) is 3.27. The van der Waals surface area contributed by atoms with Crippen molar-refractivity contribution in [1.29, 1.82) is 0 Å². The van der Waals surface area contributed by atoms with Gasteiger partial charge in [0.1, 0.15) is 6.10 Å². The van der Waals surface area contributed by atoms with E-state index in [1.807, 2.05) is 0 Å². The zero-order chi connectivity index (χ0) is 16.8. The highest BCUT2D eigenvalue weighted by molar-refractivity contribution is 7.51. The second-order valence-corrected chi connectivity index (χ2v) is 6.58. The van der Waals surface area contributed by atoms with E-state index in [0.717, 1.165) is 0 Å². The first kappa shape index (κ1) is 16.1. The number of ether oxygens (including phenoxy) is 2. The fourth-order valence-electron chi connectivity index (χ4n) is 2.28. The Morgan fingerprint density at radius 3 is 3.00 bits per heavy atom. The van der Waals surface area contributed by atoms with Crippen LogP contribution in [0.1, 0.15) is 12.6 Å². The van der Waals surface area contributed by atoms with Crippen molar-refractivity contribution < 1.29 is 28.9 Å². The molecule has 12 nitrogen and oxygen atoms in total. The third-order valence-corrected chi connectivity index (χ3v) is 3.69. The van der Waals surface area contributed by atoms with E-state index < -0.39 is 38.1 Å². The van der Waals surface area contributed by atoms with E-state index in [1.54, 1.807) is 0 Å². The fraction of sp³-hybridized carbons (Fsp3) is 0.500. The Labute approximate surface area is 128 Å². The number of H-pyrrole nitrogens is 1. The summed E-state index contributed by atoms with van der Waals surface area (Å²) in [6.45, 7) is 0. The minimum Gasteiger partial charge on any atom is -0.388 e. The highest BCUT2D eigenvalue weighted by Crippen LogP contribution is 2.37. The summed E-state index contributed by atoms with van der Waals surface area (Å²) in [4.78, 5) is 39.4. The summed E-state index contributed by atoms with van der Waals surface area (Å²) < 4.78 is 22.5. The van der Waals surface area contributed by atoms with E-state index in [2.05, 4.69) is 15.0 Å². The van der Waals surface area contributed by atoms with E-state index in [4.69, 9.17) is 25.0 Å². The first-order valence-corrected chi connectivity index (χ1v) is 8.26. The lowest BCUT2D eigenvalue weighted by molar-refractivity contribution is -0.145. The van der Waals surface area contributed by atoms with Gasteiger partial charge in [-0.1, -0.05) is 0 Å². The summed E-state index contributed by atoms with van der Waals surface area (Å²) in [6.07, 6.45) is -2.62. The maximum Gasteiger partial charge on any atom is 0.351 e. The molecule has 0 amide bonds. The third-order valence-electron chi connectivity index (χ3n) is 3.21. The van der Waals surface area contributed by atoms with E-state index in [0.29, 0.717) is 0 Å². The molecule has 3 atom stereocenters. The predicted molar refractivity (Wildman–Crippen MR) is 75.1 cm³/mol. The number of aliphatic hydroxyl groups excluding tert-OH is 1. The van der Waals surface area contributed by atoms with Crippen LogP contribution in [0.4, 0.5) is 5.95 Å². The molecule has 0 aromatic carbocycles. The minimum absolute atomic E-state index is 0.0109. The highest BCUT2D eigenvalue weighted by Gasteiger charge is 2.38. The maximum atomic E-state index is 11.7. The first-order valence-electron chi connectivity index (χ1n) is 6.46. The normalized spacial score (nSPS) is 25.3. The molecule has 1 unspecified atom stereocenters. The van der Waals surface area contributed by atoms with Gasteiger partial charge in [0.25, 0.3) is 5.56 Å². The van der Waals surface area contributed by atoms with Gasteiger partial charge >= 0.3 is 7.60 Å². The predicted octanol–water partition coefficient (Wildman–Crippen LogP) is -1.54. The van der Waals surface area contributed by atoms with Crippen molar-refractivity contribution in [2.45, 2.75) is 25.0 Å². The van der Waals surface area contributed by atoms with Crippen molar-refractivity contribution in [2.75, 3.05) is 12.1 Å². The molecular weight excluding hydrogens is 333 g/mol.